The fourth-order valence-corrected chi connectivity index (χ4v) is 2.72. The van der Waals surface area contributed by atoms with E-state index in [-0.39, 0.29) is 12.1 Å². The zero-order chi connectivity index (χ0) is 13.2. The average molecular weight is 335 g/mol. The van der Waals surface area contributed by atoms with Gasteiger partial charge in [0.2, 0.25) is 0 Å². The van der Waals surface area contributed by atoms with Gasteiger partial charge in [0.05, 0.1) is 23.8 Å². The number of benzene rings is 1. The first-order chi connectivity index (χ1) is 8.61. The number of anilines is 1. The Morgan fingerprint density at radius 2 is 2.28 bits per heavy atom. The first-order valence-corrected chi connectivity index (χ1v) is 7.11. The minimum Gasteiger partial charge on any atom is -0.394 e. The molecule has 2 N–H and O–H groups in total. The van der Waals surface area contributed by atoms with E-state index >= 15 is 0 Å². The molecule has 0 amide bonds. The predicted octanol–water partition coefficient (Wildman–Crippen LogP) is 3.30. The number of hydrogen-bond acceptors (Lipinski definition) is 3. The van der Waals surface area contributed by atoms with Crippen molar-refractivity contribution < 1.29 is 9.84 Å². The van der Waals surface area contributed by atoms with E-state index in [0.717, 1.165) is 23.0 Å². The summed E-state index contributed by atoms with van der Waals surface area (Å²) in [6, 6.07) is 5.66. The molecule has 1 saturated carbocycles. The molecule has 1 aromatic rings. The highest BCUT2D eigenvalue weighted by atomic mass is 79.9. The average Bonchev–Trinajstić information content (AvgIpc) is 3.17. The van der Waals surface area contributed by atoms with Gasteiger partial charge >= 0.3 is 0 Å². The molecule has 100 valence electrons. The van der Waals surface area contributed by atoms with Crippen molar-refractivity contribution in [3.8, 4) is 0 Å². The Morgan fingerprint density at radius 1 is 1.56 bits per heavy atom. The topological polar surface area (TPSA) is 41.5 Å². The summed E-state index contributed by atoms with van der Waals surface area (Å²) in [5.74, 6) is 0.469. The molecule has 0 aliphatic heterocycles. The zero-order valence-corrected chi connectivity index (χ0v) is 12.6. The summed E-state index contributed by atoms with van der Waals surface area (Å²) in [5, 5.41) is 13.8. The number of nitrogens with one attached hydrogen (secondary N) is 1. The van der Waals surface area contributed by atoms with E-state index in [0.29, 0.717) is 17.5 Å². The van der Waals surface area contributed by atoms with Gasteiger partial charge in [-0.2, -0.15) is 0 Å². The second kappa shape index (κ2) is 5.78. The molecule has 1 atom stereocenters. The van der Waals surface area contributed by atoms with Gasteiger partial charge in [0.15, 0.2) is 0 Å². The highest BCUT2D eigenvalue weighted by Gasteiger charge is 2.45. The van der Waals surface area contributed by atoms with Crippen molar-refractivity contribution in [2.75, 3.05) is 25.6 Å². The molecule has 18 heavy (non-hydrogen) atoms. The Bertz CT molecular complexity index is 425. The third kappa shape index (κ3) is 2.99. The highest BCUT2D eigenvalue weighted by Crippen LogP contribution is 2.42. The Balaban J connectivity index is 2.19. The lowest BCUT2D eigenvalue weighted by Gasteiger charge is -2.33. The molecule has 1 fully saturated rings. The van der Waals surface area contributed by atoms with E-state index in [1.54, 1.807) is 7.11 Å². The third-order valence-electron chi connectivity index (χ3n) is 3.36. The highest BCUT2D eigenvalue weighted by molar-refractivity contribution is 9.10. The SMILES string of the molecule is COCC(CO)(Nc1ccc(Cl)c(Br)c1)C1CC1. The van der Waals surface area contributed by atoms with Crippen LogP contribution < -0.4 is 5.32 Å². The molecule has 2 rings (SSSR count). The number of aliphatic hydroxyl groups is 1. The Hall–Kier alpha value is -0.290. The number of rotatable bonds is 6. The van der Waals surface area contributed by atoms with Gasteiger partial charge in [0, 0.05) is 17.3 Å². The van der Waals surface area contributed by atoms with Crippen LogP contribution in [0.5, 0.6) is 0 Å². The van der Waals surface area contributed by atoms with Crippen molar-refractivity contribution in [3.63, 3.8) is 0 Å². The van der Waals surface area contributed by atoms with Crippen LogP contribution in [0.15, 0.2) is 22.7 Å². The van der Waals surface area contributed by atoms with Crippen LogP contribution in [0.3, 0.4) is 0 Å². The fourth-order valence-electron chi connectivity index (χ4n) is 2.23. The summed E-state index contributed by atoms with van der Waals surface area (Å²) in [5.41, 5.74) is 0.548. The standard InChI is InChI=1S/C13H17BrClNO2/c1-18-8-13(7-17,9-2-3-9)16-10-4-5-12(15)11(14)6-10/h4-6,9,16-17H,2-3,7-8H2,1H3. The molecule has 1 aliphatic rings. The van der Waals surface area contributed by atoms with E-state index < -0.39 is 0 Å². The monoisotopic (exact) mass is 333 g/mol. The molecular formula is C13H17BrClNO2. The van der Waals surface area contributed by atoms with E-state index in [2.05, 4.69) is 21.2 Å². The van der Waals surface area contributed by atoms with Gasteiger partial charge in [-0.05, 0) is 52.9 Å². The largest absolute Gasteiger partial charge is 0.394 e. The van der Waals surface area contributed by atoms with E-state index in [1.165, 1.54) is 0 Å². The molecule has 0 spiro atoms. The van der Waals surface area contributed by atoms with Crippen LogP contribution in [-0.4, -0.2) is 31.0 Å². The van der Waals surface area contributed by atoms with E-state index in [4.69, 9.17) is 16.3 Å². The van der Waals surface area contributed by atoms with Crippen LogP contribution in [0.2, 0.25) is 5.02 Å². The first kappa shape index (κ1) is 14.1. The van der Waals surface area contributed by atoms with Crippen molar-refractivity contribution >= 4 is 33.2 Å². The number of halogens is 2. The van der Waals surface area contributed by atoms with Gasteiger partial charge in [-0.3, -0.25) is 0 Å². The summed E-state index contributed by atoms with van der Waals surface area (Å²) in [7, 11) is 1.66. The normalized spacial score (nSPS) is 18.4. The quantitative estimate of drug-likeness (QED) is 0.839. The van der Waals surface area contributed by atoms with Crippen molar-refractivity contribution in [2.24, 2.45) is 5.92 Å². The van der Waals surface area contributed by atoms with Gasteiger partial charge in [-0.1, -0.05) is 11.6 Å². The predicted molar refractivity (Wildman–Crippen MR) is 77.2 cm³/mol. The number of hydrogen-bond donors (Lipinski definition) is 2. The Labute approximate surface area is 121 Å². The molecule has 3 nitrogen and oxygen atoms in total. The van der Waals surface area contributed by atoms with Crippen LogP contribution in [0, 0.1) is 5.92 Å². The lowest BCUT2D eigenvalue weighted by Crippen LogP contribution is -2.48. The maximum atomic E-state index is 9.72. The molecule has 0 radical (unpaired) electrons. The smallest absolute Gasteiger partial charge is 0.0865 e. The maximum absolute atomic E-state index is 9.72. The minimum absolute atomic E-state index is 0.0613. The lowest BCUT2D eigenvalue weighted by molar-refractivity contribution is 0.0862. The summed E-state index contributed by atoms with van der Waals surface area (Å²) >= 11 is 9.37. The van der Waals surface area contributed by atoms with E-state index in [1.807, 2.05) is 18.2 Å². The molecule has 1 aliphatic carbocycles. The van der Waals surface area contributed by atoms with Gasteiger partial charge in [0.25, 0.3) is 0 Å². The van der Waals surface area contributed by atoms with Crippen molar-refractivity contribution in [2.45, 2.75) is 18.4 Å². The van der Waals surface area contributed by atoms with Crippen molar-refractivity contribution in [1.82, 2.24) is 0 Å². The summed E-state index contributed by atoms with van der Waals surface area (Å²) < 4.78 is 6.11. The molecule has 0 heterocycles. The fraction of sp³-hybridized carbons (Fsp3) is 0.538. The number of methoxy groups -OCH3 is 1. The Kier molecular flexibility index (Phi) is 4.54. The van der Waals surface area contributed by atoms with Gasteiger partial charge in [0.1, 0.15) is 0 Å². The summed E-state index contributed by atoms with van der Waals surface area (Å²) in [4.78, 5) is 0. The minimum atomic E-state index is -0.387. The molecule has 0 aromatic heterocycles. The van der Waals surface area contributed by atoms with Crippen LogP contribution in [0.1, 0.15) is 12.8 Å². The molecule has 5 heteroatoms. The third-order valence-corrected chi connectivity index (χ3v) is 4.57. The number of ether oxygens (including phenoxy) is 1. The second-order valence-electron chi connectivity index (χ2n) is 4.78. The lowest BCUT2D eigenvalue weighted by atomic mass is 9.94. The Morgan fingerprint density at radius 3 is 2.78 bits per heavy atom. The van der Waals surface area contributed by atoms with Gasteiger partial charge in [-0.25, -0.2) is 0 Å². The van der Waals surface area contributed by atoms with Crippen LogP contribution in [0.25, 0.3) is 0 Å². The second-order valence-corrected chi connectivity index (χ2v) is 6.04. The first-order valence-electron chi connectivity index (χ1n) is 5.94. The maximum Gasteiger partial charge on any atom is 0.0865 e. The summed E-state index contributed by atoms with van der Waals surface area (Å²) in [6.45, 7) is 0.556. The van der Waals surface area contributed by atoms with Gasteiger partial charge < -0.3 is 15.2 Å². The summed E-state index contributed by atoms with van der Waals surface area (Å²) in [6.07, 6.45) is 2.26. The molecule has 0 saturated heterocycles. The zero-order valence-electron chi connectivity index (χ0n) is 10.2. The molecular weight excluding hydrogens is 318 g/mol. The van der Waals surface area contributed by atoms with Crippen molar-refractivity contribution in [1.29, 1.82) is 0 Å². The van der Waals surface area contributed by atoms with Crippen molar-refractivity contribution in [3.05, 3.63) is 27.7 Å². The van der Waals surface area contributed by atoms with Crippen LogP contribution >= 0.6 is 27.5 Å². The number of aliphatic hydroxyl groups excluding tert-OH is 1. The van der Waals surface area contributed by atoms with Crippen LogP contribution in [0.4, 0.5) is 5.69 Å². The van der Waals surface area contributed by atoms with E-state index in [9.17, 15) is 5.11 Å². The molecule has 1 aromatic carbocycles. The molecule has 0 bridgehead atoms. The molecule has 1 unspecified atom stereocenters. The van der Waals surface area contributed by atoms with Gasteiger partial charge in [-0.15, -0.1) is 0 Å². The van der Waals surface area contributed by atoms with Crippen LogP contribution in [-0.2, 0) is 4.74 Å².